The van der Waals surface area contributed by atoms with Crippen molar-refractivity contribution < 1.29 is 9.59 Å². The van der Waals surface area contributed by atoms with E-state index in [9.17, 15) is 9.59 Å². The van der Waals surface area contributed by atoms with Gasteiger partial charge in [-0.25, -0.2) is 0 Å². The monoisotopic (exact) mass is 347 g/mol. The number of carbonyl (C=O) groups excluding carboxylic acids is 2. The predicted molar refractivity (Wildman–Crippen MR) is 102 cm³/mol. The van der Waals surface area contributed by atoms with Gasteiger partial charge in [-0.2, -0.15) is 0 Å². The Kier molecular flexibility index (Phi) is 5.54. The van der Waals surface area contributed by atoms with Crippen LogP contribution in [0.3, 0.4) is 0 Å². The number of amides is 1. The number of nitrogens with one attached hydrogen (secondary N) is 1. The highest BCUT2D eigenvalue weighted by atomic mass is 32.1. The lowest BCUT2D eigenvalue weighted by Crippen LogP contribution is -2.30. The fourth-order valence-electron chi connectivity index (χ4n) is 2.40. The first-order valence-electron chi connectivity index (χ1n) is 7.91. The fraction of sp³-hybridized carbons (Fsp3) is 0.0476. The van der Waals surface area contributed by atoms with Crippen LogP contribution in [-0.2, 0) is 4.79 Å². The Bertz CT molecular complexity index is 869. The summed E-state index contributed by atoms with van der Waals surface area (Å²) in [6.07, 6.45) is 1.85. The minimum atomic E-state index is -0.260. The molecule has 0 unspecified atom stereocenters. The zero-order valence-electron chi connectivity index (χ0n) is 13.5. The molecule has 1 N–H and O–H groups in total. The first-order chi connectivity index (χ1) is 12.2. The molecule has 0 radical (unpaired) electrons. The van der Waals surface area contributed by atoms with Crippen LogP contribution >= 0.6 is 11.3 Å². The summed E-state index contributed by atoms with van der Waals surface area (Å²) in [5, 5.41) is 4.70. The lowest BCUT2D eigenvalue weighted by Gasteiger charge is -2.09. The van der Waals surface area contributed by atoms with Gasteiger partial charge in [0.2, 0.25) is 0 Å². The summed E-state index contributed by atoms with van der Waals surface area (Å²) >= 11 is 1.56. The van der Waals surface area contributed by atoms with E-state index in [0.717, 1.165) is 10.4 Å². The average molecular weight is 347 g/mol. The molecule has 124 valence electrons. The molecule has 0 aliphatic rings. The minimum absolute atomic E-state index is 0.0303. The molecule has 25 heavy (non-hydrogen) atoms. The van der Waals surface area contributed by atoms with E-state index in [4.69, 9.17) is 0 Å². The number of hydrogen-bond donors (Lipinski definition) is 1. The van der Waals surface area contributed by atoms with Crippen molar-refractivity contribution in [2.45, 2.75) is 0 Å². The number of rotatable bonds is 6. The maximum absolute atomic E-state index is 12.7. The van der Waals surface area contributed by atoms with Gasteiger partial charge in [-0.05, 0) is 23.1 Å². The van der Waals surface area contributed by atoms with Crippen LogP contribution in [0.15, 0.2) is 78.2 Å². The van der Waals surface area contributed by atoms with Gasteiger partial charge in [0.15, 0.2) is 5.78 Å². The Morgan fingerprint density at radius 2 is 1.48 bits per heavy atom. The largest absolute Gasteiger partial charge is 0.345 e. The molecule has 3 aromatic rings. The van der Waals surface area contributed by atoms with Crippen LogP contribution in [0.4, 0.5) is 0 Å². The molecule has 0 bridgehead atoms. The van der Waals surface area contributed by atoms with Crippen molar-refractivity contribution in [1.82, 2.24) is 5.32 Å². The summed E-state index contributed by atoms with van der Waals surface area (Å²) in [5.41, 5.74) is 1.95. The van der Waals surface area contributed by atoms with Crippen molar-refractivity contribution in [3.05, 3.63) is 94.2 Å². The van der Waals surface area contributed by atoms with Crippen LogP contribution in [0, 0.1) is 0 Å². The average Bonchev–Trinajstić information content (AvgIpc) is 3.18. The number of hydrogen-bond acceptors (Lipinski definition) is 3. The lowest BCUT2D eigenvalue weighted by molar-refractivity contribution is -0.115. The van der Waals surface area contributed by atoms with Gasteiger partial charge >= 0.3 is 0 Å². The second-order valence-corrected chi connectivity index (χ2v) is 6.39. The third-order valence-electron chi connectivity index (χ3n) is 3.66. The SMILES string of the molecule is O=C(NCC(=O)c1ccccc1)/C(=C\c1cccs1)c1ccccc1. The molecule has 0 spiro atoms. The van der Waals surface area contributed by atoms with Crippen molar-refractivity contribution in [3.63, 3.8) is 0 Å². The standard InChI is InChI=1S/C21H17NO2S/c23-20(17-10-5-2-6-11-17)15-22-21(24)19(14-18-12-7-13-25-18)16-8-3-1-4-9-16/h1-14H,15H2,(H,22,24)/b19-14-. The van der Waals surface area contributed by atoms with E-state index < -0.39 is 0 Å². The van der Waals surface area contributed by atoms with E-state index in [1.165, 1.54) is 0 Å². The highest BCUT2D eigenvalue weighted by molar-refractivity contribution is 7.11. The van der Waals surface area contributed by atoms with E-state index in [2.05, 4.69) is 5.32 Å². The highest BCUT2D eigenvalue weighted by Gasteiger charge is 2.14. The summed E-state index contributed by atoms with van der Waals surface area (Å²) in [4.78, 5) is 25.9. The van der Waals surface area contributed by atoms with Crippen LogP contribution in [0.5, 0.6) is 0 Å². The molecule has 0 aliphatic carbocycles. The molecule has 0 aliphatic heterocycles. The van der Waals surface area contributed by atoms with E-state index in [1.54, 1.807) is 35.6 Å². The van der Waals surface area contributed by atoms with Gasteiger partial charge in [0.25, 0.3) is 5.91 Å². The molecule has 3 nitrogen and oxygen atoms in total. The van der Waals surface area contributed by atoms with Crippen molar-refractivity contribution in [2.75, 3.05) is 6.54 Å². The van der Waals surface area contributed by atoms with Crippen LogP contribution in [0.1, 0.15) is 20.8 Å². The van der Waals surface area contributed by atoms with Crippen molar-refractivity contribution in [3.8, 4) is 0 Å². The molecule has 0 saturated carbocycles. The minimum Gasteiger partial charge on any atom is -0.345 e. The normalized spacial score (nSPS) is 11.1. The van der Waals surface area contributed by atoms with Crippen LogP contribution in [0.2, 0.25) is 0 Å². The van der Waals surface area contributed by atoms with E-state index in [0.29, 0.717) is 11.1 Å². The summed E-state index contributed by atoms with van der Waals surface area (Å²) in [6.45, 7) is -0.0303. The van der Waals surface area contributed by atoms with Crippen molar-refractivity contribution in [2.24, 2.45) is 0 Å². The van der Waals surface area contributed by atoms with E-state index in [-0.39, 0.29) is 18.2 Å². The first kappa shape index (κ1) is 16.9. The van der Waals surface area contributed by atoms with Gasteiger partial charge in [0, 0.05) is 16.0 Å². The quantitative estimate of drug-likeness (QED) is 0.534. The van der Waals surface area contributed by atoms with Crippen molar-refractivity contribution in [1.29, 1.82) is 0 Å². The molecule has 1 amide bonds. The first-order valence-corrected chi connectivity index (χ1v) is 8.79. The van der Waals surface area contributed by atoms with E-state index >= 15 is 0 Å². The molecule has 4 heteroatoms. The number of ketones is 1. The fourth-order valence-corrected chi connectivity index (χ4v) is 3.05. The molecule has 0 atom stereocenters. The number of benzene rings is 2. The Morgan fingerprint density at radius 1 is 0.840 bits per heavy atom. The molecule has 0 fully saturated rings. The zero-order valence-corrected chi connectivity index (χ0v) is 14.3. The zero-order chi connectivity index (χ0) is 17.5. The number of Topliss-reactive ketones (excluding diaryl/α,β-unsaturated/α-hetero) is 1. The van der Waals surface area contributed by atoms with Crippen molar-refractivity contribution >= 4 is 34.7 Å². The molecule has 2 aromatic carbocycles. The van der Waals surface area contributed by atoms with Gasteiger partial charge in [-0.1, -0.05) is 66.7 Å². The van der Waals surface area contributed by atoms with Crippen LogP contribution < -0.4 is 5.32 Å². The Labute approximate surface area is 150 Å². The molecule has 1 heterocycles. The third kappa shape index (κ3) is 4.52. The maximum Gasteiger partial charge on any atom is 0.252 e. The molecular weight excluding hydrogens is 330 g/mol. The second kappa shape index (κ2) is 8.22. The Balaban J connectivity index is 1.77. The number of thiophene rings is 1. The Morgan fingerprint density at radius 3 is 2.08 bits per heavy atom. The summed E-state index contributed by atoms with van der Waals surface area (Å²) in [5.74, 6) is -0.374. The molecule has 1 aromatic heterocycles. The van der Waals surface area contributed by atoms with Gasteiger partial charge in [0.1, 0.15) is 0 Å². The van der Waals surface area contributed by atoms with Gasteiger partial charge in [-0.15, -0.1) is 11.3 Å². The number of carbonyl (C=O) groups is 2. The third-order valence-corrected chi connectivity index (χ3v) is 4.48. The topological polar surface area (TPSA) is 46.2 Å². The maximum atomic E-state index is 12.7. The van der Waals surface area contributed by atoms with Crippen LogP contribution in [0.25, 0.3) is 11.6 Å². The predicted octanol–water partition coefficient (Wildman–Crippen LogP) is 4.29. The van der Waals surface area contributed by atoms with Gasteiger partial charge in [0.05, 0.1) is 6.54 Å². The van der Waals surface area contributed by atoms with Crippen LogP contribution in [-0.4, -0.2) is 18.2 Å². The molecular formula is C21H17NO2S. The summed E-state index contributed by atoms with van der Waals surface area (Å²) in [7, 11) is 0. The second-order valence-electron chi connectivity index (χ2n) is 5.41. The smallest absolute Gasteiger partial charge is 0.252 e. The van der Waals surface area contributed by atoms with Gasteiger partial charge < -0.3 is 5.32 Å². The summed E-state index contributed by atoms with van der Waals surface area (Å²) < 4.78 is 0. The highest BCUT2D eigenvalue weighted by Crippen LogP contribution is 2.21. The summed E-state index contributed by atoms with van der Waals surface area (Å²) in [6, 6.07) is 22.3. The lowest BCUT2D eigenvalue weighted by atomic mass is 10.0. The van der Waals surface area contributed by atoms with Gasteiger partial charge in [-0.3, -0.25) is 9.59 Å². The Hall–Kier alpha value is -2.98. The molecule has 0 saturated heterocycles. The molecule has 3 rings (SSSR count). The van der Waals surface area contributed by atoms with E-state index in [1.807, 2.05) is 60.0 Å².